The molecule has 14 heavy (non-hydrogen) atoms. The minimum Gasteiger partial charge on any atom is -0.504 e. The summed E-state index contributed by atoms with van der Waals surface area (Å²) >= 11 is 0. The Morgan fingerprint density at radius 2 is 2.00 bits per heavy atom. The van der Waals surface area contributed by atoms with Crippen LogP contribution in [0.4, 0.5) is 0 Å². The van der Waals surface area contributed by atoms with Gasteiger partial charge in [-0.2, -0.15) is 0 Å². The average Bonchev–Trinajstić information content (AvgIpc) is 2.29. The molecule has 1 aromatic heterocycles. The Kier molecular flexibility index (Phi) is 1.93. The SMILES string of the molecule is Cc1ccc2cc(=O)c(O)ccc2n1. The Balaban J connectivity index is 2.93. The van der Waals surface area contributed by atoms with Gasteiger partial charge in [0.25, 0.3) is 0 Å². The Labute approximate surface area is 80.7 Å². The van der Waals surface area contributed by atoms with E-state index in [1.165, 1.54) is 12.1 Å². The second-order valence-corrected chi connectivity index (χ2v) is 3.15. The summed E-state index contributed by atoms with van der Waals surface area (Å²) in [6.07, 6.45) is 0. The van der Waals surface area contributed by atoms with Gasteiger partial charge in [0.05, 0.1) is 5.52 Å². The molecule has 70 valence electrons. The molecule has 3 nitrogen and oxygen atoms in total. The van der Waals surface area contributed by atoms with Crippen LogP contribution in [0, 0.1) is 6.92 Å². The van der Waals surface area contributed by atoms with E-state index in [4.69, 9.17) is 0 Å². The van der Waals surface area contributed by atoms with Gasteiger partial charge in [0.2, 0.25) is 5.43 Å². The summed E-state index contributed by atoms with van der Waals surface area (Å²) in [7, 11) is 0. The third kappa shape index (κ3) is 1.44. The Bertz CT molecular complexity index is 549. The van der Waals surface area contributed by atoms with Crippen LogP contribution in [0.1, 0.15) is 5.69 Å². The predicted molar refractivity (Wildman–Crippen MR) is 54.4 cm³/mol. The number of pyridine rings is 1. The van der Waals surface area contributed by atoms with Gasteiger partial charge in [-0.05, 0) is 31.2 Å². The van der Waals surface area contributed by atoms with Crippen LogP contribution in [0.2, 0.25) is 0 Å². The number of rotatable bonds is 0. The van der Waals surface area contributed by atoms with Crippen molar-refractivity contribution in [3.05, 3.63) is 46.2 Å². The molecule has 0 atom stereocenters. The minimum absolute atomic E-state index is 0.249. The van der Waals surface area contributed by atoms with E-state index in [1.807, 2.05) is 19.1 Å². The average molecular weight is 187 g/mol. The van der Waals surface area contributed by atoms with Crippen molar-refractivity contribution >= 4 is 10.9 Å². The summed E-state index contributed by atoms with van der Waals surface area (Å²) in [6, 6.07) is 8.05. The van der Waals surface area contributed by atoms with Crippen LogP contribution in [0.15, 0.2) is 35.1 Å². The van der Waals surface area contributed by atoms with Crippen LogP contribution in [-0.2, 0) is 0 Å². The van der Waals surface area contributed by atoms with Gasteiger partial charge in [-0.15, -0.1) is 0 Å². The van der Waals surface area contributed by atoms with Gasteiger partial charge in [-0.25, -0.2) is 0 Å². The summed E-state index contributed by atoms with van der Waals surface area (Å²) in [4.78, 5) is 15.5. The van der Waals surface area contributed by atoms with E-state index in [0.717, 1.165) is 11.1 Å². The van der Waals surface area contributed by atoms with E-state index in [0.29, 0.717) is 5.52 Å². The molecule has 0 unspecified atom stereocenters. The highest BCUT2D eigenvalue weighted by Crippen LogP contribution is 2.11. The largest absolute Gasteiger partial charge is 0.504 e. The summed E-state index contributed by atoms with van der Waals surface area (Å²) in [5, 5.41) is 9.96. The molecule has 0 aliphatic heterocycles. The van der Waals surface area contributed by atoms with Gasteiger partial charge < -0.3 is 5.11 Å². The van der Waals surface area contributed by atoms with Crippen LogP contribution in [0.3, 0.4) is 0 Å². The number of aromatic nitrogens is 1. The van der Waals surface area contributed by atoms with Crippen molar-refractivity contribution in [3.8, 4) is 5.75 Å². The number of fused-ring (bicyclic) bond motifs is 1. The second-order valence-electron chi connectivity index (χ2n) is 3.15. The summed E-state index contributed by atoms with van der Waals surface area (Å²) in [6.45, 7) is 1.88. The normalized spacial score (nSPS) is 10.4. The molecule has 2 aromatic rings. The van der Waals surface area contributed by atoms with E-state index < -0.39 is 0 Å². The van der Waals surface area contributed by atoms with Gasteiger partial charge >= 0.3 is 0 Å². The Hall–Kier alpha value is -1.90. The van der Waals surface area contributed by atoms with Crippen molar-refractivity contribution in [3.63, 3.8) is 0 Å². The van der Waals surface area contributed by atoms with E-state index in [-0.39, 0.29) is 11.2 Å². The number of hydrogen-bond acceptors (Lipinski definition) is 3. The molecule has 0 aliphatic carbocycles. The van der Waals surface area contributed by atoms with E-state index in [2.05, 4.69) is 4.98 Å². The zero-order chi connectivity index (χ0) is 10.1. The molecule has 3 heteroatoms. The first-order chi connectivity index (χ1) is 6.66. The van der Waals surface area contributed by atoms with Crippen LogP contribution in [-0.4, -0.2) is 10.1 Å². The predicted octanol–water partition coefficient (Wildman–Crippen LogP) is 1.61. The van der Waals surface area contributed by atoms with Crippen molar-refractivity contribution in [2.45, 2.75) is 6.92 Å². The highest BCUT2D eigenvalue weighted by Gasteiger charge is 1.97. The van der Waals surface area contributed by atoms with Crippen LogP contribution < -0.4 is 5.43 Å². The highest BCUT2D eigenvalue weighted by molar-refractivity contribution is 5.78. The van der Waals surface area contributed by atoms with Crippen molar-refractivity contribution in [1.82, 2.24) is 4.98 Å². The van der Waals surface area contributed by atoms with Crippen molar-refractivity contribution in [2.24, 2.45) is 0 Å². The molecular formula is C11H9NO2. The van der Waals surface area contributed by atoms with Crippen LogP contribution in [0.25, 0.3) is 10.9 Å². The Morgan fingerprint density at radius 1 is 1.21 bits per heavy atom. The lowest BCUT2D eigenvalue weighted by Gasteiger charge is -1.92. The molecule has 1 aromatic carbocycles. The molecule has 0 bridgehead atoms. The van der Waals surface area contributed by atoms with E-state index >= 15 is 0 Å². The molecule has 0 fully saturated rings. The van der Waals surface area contributed by atoms with Crippen LogP contribution in [0.5, 0.6) is 5.75 Å². The zero-order valence-electron chi connectivity index (χ0n) is 7.69. The molecule has 0 spiro atoms. The molecule has 1 heterocycles. The first-order valence-electron chi connectivity index (χ1n) is 4.27. The highest BCUT2D eigenvalue weighted by atomic mass is 16.3. The molecule has 0 radical (unpaired) electrons. The fraction of sp³-hybridized carbons (Fsp3) is 0.0909. The maximum atomic E-state index is 11.2. The molecule has 0 aliphatic rings. The van der Waals surface area contributed by atoms with Gasteiger partial charge in [-0.3, -0.25) is 9.78 Å². The minimum atomic E-state index is -0.384. The first kappa shape index (κ1) is 8.69. The molecule has 0 amide bonds. The monoisotopic (exact) mass is 187 g/mol. The fourth-order valence-corrected chi connectivity index (χ4v) is 1.30. The summed E-state index contributed by atoms with van der Waals surface area (Å²) in [5.74, 6) is -0.249. The van der Waals surface area contributed by atoms with E-state index in [1.54, 1.807) is 6.07 Å². The first-order valence-corrected chi connectivity index (χ1v) is 4.27. The second kappa shape index (κ2) is 3.10. The van der Waals surface area contributed by atoms with Crippen molar-refractivity contribution in [2.75, 3.05) is 0 Å². The van der Waals surface area contributed by atoms with Gasteiger partial charge in [-0.1, -0.05) is 6.07 Å². The van der Waals surface area contributed by atoms with Crippen molar-refractivity contribution in [1.29, 1.82) is 0 Å². The maximum absolute atomic E-state index is 11.2. The number of nitrogens with zero attached hydrogens (tertiary/aromatic N) is 1. The third-order valence-corrected chi connectivity index (χ3v) is 2.03. The lowest BCUT2D eigenvalue weighted by atomic mass is 10.2. The molecular weight excluding hydrogens is 178 g/mol. The summed E-state index contributed by atoms with van der Waals surface area (Å²) < 4.78 is 0. The molecule has 0 saturated heterocycles. The third-order valence-electron chi connectivity index (χ3n) is 2.03. The van der Waals surface area contributed by atoms with Crippen LogP contribution >= 0.6 is 0 Å². The van der Waals surface area contributed by atoms with E-state index in [9.17, 15) is 9.90 Å². The maximum Gasteiger partial charge on any atom is 0.220 e. The smallest absolute Gasteiger partial charge is 0.220 e. The standard InChI is InChI=1S/C11H9NO2/c1-7-2-3-8-6-11(14)10(13)5-4-9(8)12-7/h2-6H,1H3,(H,13,14). The lowest BCUT2D eigenvalue weighted by Crippen LogP contribution is -1.92. The van der Waals surface area contributed by atoms with Gasteiger partial charge in [0.15, 0.2) is 5.75 Å². The van der Waals surface area contributed by atoms with Gasteiger partial charge in [0.1, 0.15) is 0 Å². The number of aryl methyl sites for hydroxylation is 1. The molecule has 0 saturated carbocycles. The fourth-order valence-electron chi connectivity index (χ4n) is 1.30. The topological polar surface area (TPSA) is 50.2 Å². The molecule has 1 N–H and O–H groups in total. The Morgan fingerprint density at radius 3 is 2.79 bits per heavy atom. The van der Waals surface area contributed by atoms with Gasteiger partial charge in [0, 0.05) is 11.1 Å². The zero-order valence-corrected chi connectivity index (χ0v) is 7.69. The lowest BCUT2D eigenvalue weighted by molar-refractivity contribution is 0.471. The summed E-state index contributed by atoms with van der Waals surface area (Å²) in [5.41, 5.74) is 1.21. The van der Waals surface area contributed by atoms with Crippen molar-refractivity contribution < 1.29 is 5.11 Å². The number of aromatic hydroxyl groups is 1. The molecule has 2 rings (SSSR count). The quantitative estimate of drug-likeness (QED) is 0.681. The number of hydrogen-bond donors (Lipinski definition) is 1.